The lowest BCUT2D eigenvalue weighted by Crippen LogP contribution is -2.28. The zero-order chi connectivity index (χ0) is 25.2. The summed E-state index contributed by atoms with van der Waals surface area (Å²) in [5.41, 5.74) is 7.58. The van der Waals surface area contributed by atoms with Crippen molar-refractivity contribution in [3.8, 4) is 11.5 Å². The maximum Gasteiger partial charge on any atom is 0.261 e. The molecule has 3 heterocycles. The topological polar surface area (TPSA) is 140 Å². The minimum atomic E-state index is -0.876. The monoisotopic (exact) mass is 476 g/mol. The van der Waals surface area contributed by atoms with Gasteiger partial charge in [-0.3, -0.25) is 9.67 Å². The fourth-order valence-corrected chi connectivity index (χ4v) is 4.00. The molecule has 10 heteroatoms. The lowest BCUT2D eigenvalue weighted by molar-refractivity contribution is 0.0577. The van der Waals surface area contributed by atoms with Crippen LogP contribution in [0, 0.1) is 5.92 Å². The molecule has 184 valence electrons. The van der Waals surface area contributed by atoms with E-state index in [2.05, 4.69) is 39.1 Å². The Kier molecular flexibility index (Phi) is 6.58. The molecule has 0 amide bonds. The van der Waals surface area contributed by atoms with Crippen LogP contribution in [0.15, 0.2) is 58.8 Å². The zero-order valence-corrected chi connectivity index (χ0v) is 20.6. The van der Waals surface area contributed by atoms with Crippen molar-refractivity contribution >= 4 is 11.8 Å². The number of nitrogens with two attached hydrogens (primary N) is 1. The van der Waals surface area contributed by atoms with E-state index in [1.54, 1.807) is 44.2 Å². The van der Waals surface area contributed by atoms with Crippen molar-refractivity contribution < 1.29 is 9.63 Å². The van der Waals surface area contributed by atoms with Gasteiger partial charge in [0.25, 0.3) is 5.89 Å². The molecule has 1 saturated carbocycles. The quantitative estimate of drug-likeness (QED) is 0.380. The van der Waals surface area contributed by atoms with Gasteiger partial charge in [-0.15, -0.1) is 0 Å². The van der Waals surface area contributed by atoms with Gasteiger partial charge in [-0.25, -0.2) is 4.99 Å². The van der Waals surface area contributed by atoms with Crippen molar-refractivity contribution in [3.63, 3.8) is 0 Å². The first kappa shape index (κ1) is 24.3. The molecule has 0 radical (unpaired) electrons. The summed E-state index contributed by atoms with van der Waals surface area (Å²) in [6.07, 6.45) is 10.6. The molecule has 1 aliphatic carbocycles. The summed E-state index contributed by atoms with van der Waals surface area (Å²) in [6, 6.07) is 3.95. The predicted molar refractivity (Wildman–Crippen MR) is 134 cm³/mol. The Morgan fingerprint density at radius 1 is 1.34 bits per heavy atom. The van der Waals surface area contributed by atoms with Gasteiger partial charge in [-0.1, -0.05) is 17.8 Å². The van der Waals surface area contributed by atoms with Crippen LogP contribution in [0.2, 0.25) is 0 Å². The molecule has 0 saturated heterocycles. The summed E-state index contributed by atoms with van der Waals surface area (Å²) in [4.78, 5) is 13.6. The van der Waals surface area contributed by atoms with E-state index in [0.717, 1.165) is 18.4 Å². The zero-order valence-electron chi connectivity index (χ0n) is 20.6. The van der Waals surface area contributed by atoms with E-state index in [4.69, 9.17) is 15.2 Å². The molecular formula is C25H32N8O2. The Labute approximate surface area is 204 Å². The number of allylic oxidation sites excluding steroid dienone is 1. The molecule has 0 aliphatic heterocycles. The van der Waals surface area contributed by atoms with Gasteiger partial charge in [0, 0.05) is 37.4 Å². The fraction of sp³-hybridized carbons (Fsp3) is 0.400. The number of hydrogen-bond acceptors (Lipinski definition) is 9. The van der Waals surface area contributed by atoms with Crippen molar-refractivity contribution in [2.75, 3.05) is 7.05 Å². The highest BCUT2D eigenvalue weighted by Crippen LogP contribution is 2.50. The van der Waals surface area contributed by atoms with Gasteiger partial charge >= 0.3 is 0 Å². The van der Waals surface area contributed by atoms with Gasteiger partial charge in [-0.05, 0) is 51.2 Å². The second-order valence-corrected chi connectivity index (χ2v) is 9.65. The standard InChI is InChI=1S/C25H32N8O2/c1-16(27-5)28-11-17(10-26)21-9-8-20(13-29-21)25(4,19-6-7-19)23-31-22(35-32-23)18-12-30-33(14-18)15-24(2,3)34/h8-14,19,27,34H,1,6-7,15,26H2,2-5H3/b17-10+,28-11?/t25-/m1/s1. The summed E-state index contributed by atoms with van der Waals surface area (Å²) < 4.78 is 7.30. The van der Waals surface area contributed by atoms with Crippen LogP contribution in [0.5, 0.6) is 0 Å². The number of aliphatic hydroxyl groups is 1. The number of aliphatic imine (C=N–C) groups is 1. The predicted octanol–water partition coefficient (Wildman–Crippen LogP) is 2.88. The Hall–Kier alpha value is -3.79. The third-order valence-electron chi connectivity index (χ3n) is 6.20. The van der Waals surface area contributed by atoms with E-state index in [1.807, 2.05) is 18.3 Å². The number of pyridine rings is 1. The first-order chi connectivity index (χ1) is 16.6. The van der Waals surface area contributed by atoms with E-state index in [1.165, 1.54) is 6.20 Å². The van der Waals surface area contributed by atoms with Crippen LogP contribution in [0.4, 0.5) is 0 Å². The molecule has 10 nitrogen and oxygen atoms in total. The van der Waals surface area contributed by atoms with Crippen molar-refractivity contribution in [1.29, 1.82) is 0 Å². The number of nitrogens with one attached hydrogen (secondary N) is 1. The maximum atomic E-state index is 10.0. The summed E-state index contributed by atoms with van der Waals surface area (Å²) >= 11 is 0. The van der Waals surface area contributed by atoms with Gasteiger partial charge in [0.1, 0.15) is 5.82 Å². The van der Waals surface area contributed by atoms with Gasteiger partial charge in [-0.2, -0.15) is 10.1 Å². The van der Waals surface area contributed by atoms with Crippen LogP contribution in [0.25, 0.3) is 17.0 Å². The van der Waals surface area contributed by atoms with E-state index in [-0.39, 0.29) is 0 Å². The molecule has 3 aromatic heterocycles. The molecule has 4 rings (SSSR count). The SMILES string of the molecule is C=C(N=C/C(=C\N)c1ccc([C@](C)(c2noc(-c3cnn(CC(C)(C)O)c3)n2)C2CC2)cn1)NC. The molecule has 1 fully saturated rings. The number of rotatable bonds is 10. The van der Waals surface area contributed by atoms with E-state index < -0.39 is 11.0 Å². The lowest BCUT2D eigenvalue weighted by atomic mass is 9.77. The number of nitrogens with zero attached hydrogens (tertiary/aromatic N) is 6. The summed E-state index contributed by atoms with van der Waals surface area (Å²) in [5.74, 6) is 1.93. The highest BCUT2D eigenvalue weighted by atomic mass is 16.5. The molecule has 0 bridgehead atoms. The average molecular weight is 477 g/mol. The number of hydrogen-bond donors (Lipinski definition) is 3. The van der Waals surface area contributed by atoms with Gasteiger partial charge in [0.2, 0.25) is 0 Å². The maximum absolute atomic E-state index is 10.0. The minimum absolute atomic E-state index is 0.360. The van der Waals surface area contributed by atoms with Crippen LogP contribution >= 0.6 is 0 Å². The van der Waals surface area contributed by atoms with Gasteiger partial charge in [0.15, 0.2) is 5.82 Å². The van der Waals surface area contributed by atoms with E-state index >= 15 is 0 Å². The van der Waals surface area contributed by atoms with Crippen molar-refractivity contribution in [2.45, 2.75) is 51.2 Å². The van der Waals surface area contributed by atoms with Crippen molar-refractivity contribution in [3.05, 3.63) is 66.4 Å². The molecule has 0 unspecified atom stereocenters. The molecule has 1 aliphatic rings. The lowest BCUT2D eigenvalue weighted by Gasteiger charge is -2.26. The van der Waals surface area contributed by atoms with Crippen molar-refractivity contribution in [1.82, 2.24) is 30.2 Å². The third-order valence-corrected chi connectivity index (χ3v) is 6.20. The minimum Gasteiger partial charge on any atom is -0.404 e. The molecule has 1 atom stereocenters. The highest BCUT2D eigenvalue weighted by Gasteiger charge is 2.47. The van der Waals surface area contributed by atoms with Crippen LogP contribution in [-0.2, 0) is 12.0 Å². The Bertz CT molecular complexity index is 1240. The van der Waals surface area contributed by atoms with Crippen LogP contribution in [0.1, 0.15) is 50.7 Å². The van der Waals surface area contributed by atoms with Crippen molar-refractivity contribution in [2.24, 2.45) is 16.6 Å². The highest BCUT2D eigenvalue weighted by molar-refractivity contribution is 6.09. The van der Waals surface area contributed by atoms with Gasteiger partial charge < -0.3 is 20.7 Å². The molecule has 4 N–H and O–H groups in total. The molecule has 0 aromatic carbocycles. The first-order valence-electron chi connectivity index (χ1n) is 11.5. The second-order valence-electron chi connectivity index (χ2n) is 9.65. The number of aromatic nitrogens is 5. The molecule has 3 aromatic rings. The molecule has 35 heavy (non-hydrogen) atoms. The second kappa shape index (κ2) is 9.46. The fourth-order valence-electron chi connectivity index (χ4n) is 4.00. The summed E-state index contributed by atoms with van der Waals surface area (Å²) in [7, 11) is 1.75. The van der Waals surface area contributed by atoms with Crippen LogP contribution in [-0.4, -0.2) is 48.9 Å². The third kappa shape index (κ3) is 5.32. The van der Waals surface area contributed by atoms with Gasteiger partial charge in [0.05, 0.1) is 35.0 Å². The summed E-state index contributed by atoms with van der Waals surface area (Å²) in [6.45, 7) is 9.74. The van der Waals surface area contributed by atoms with Crippen LogP contribution < -0.4 is 11.1 Å². The van der Waals surface area contributed by atoms with E-state index in [0.29, 0.717) is 46.8 Å². The average Bonchev–Trinajstić information content (AvgIpc) is 3.39. The first-order valence-corrected chi connectivity index (χ1v) is 11.5. The molecular weight excluding hydrogens is 444 g/mol. The Morgan fingerprint density at radius 3 is 2.71 bits per heavy atom. The largest absolute Gasteiger partial charge is 0.404 e. The normalized spacial score (nSPS) is 16.4. The van der Waals surface area contributed by atoms with Crippen LogP contribution in [0.3, 0.4) is 0 Å². The summed E-state index contributed by atoms with van der Waals surface area (Å²) in [5, 5.41) is 21.6. The molecule has 0 spiro atoms. The smallest absolute Gasteiger partial charge is 0.261 e. The Balaban J connectivity index is 1.60. The van der Waals surface area contributed by atoms with E-state index in [9.17, 15) is 5.11 Å². The Morgan fingerprint density at radius 2 is 2.11 bits per heavy atom.